The number of amides is 1. The average molecular weight is 266 g/mol. The van der Waals surface area contributed by atoms with Crippen LogP contribution in [0.3, 0.4) is 0 Å². The van der Waals surface area contributed by atoms with E-state index in [9.17, 15) is 9.18 Å². The van der Waals surface area contributed by atoms with Gasteiger partial charge in [-0.2, -0.15) is 0 Å². The van der Waals surface area contributed by atoms with E-state index in [4.69, 9.17) is 10.5 Å². The summed E-state index contributed by atoms with van der Waals surface area (Å²) >= 11 is 0. The molecule has 0 spiro atoms. The quantitative estimate of drug-likeness (QED) is 0.847. The van der Waals surface area contributed by atoms with Crippen molar-refractivity contribution in [2.75, 3.05) is 26.7 Å². The van der Waals surface area contributed by atoms with Crippen molar-refractivity contribution in [3.05, 3.63) is 30.1 Å². The molecule has 1 aliphatic carbocycles. The maximum atomic E-state index is 12.9. The second kappa shape index (κ2) is 5.57. The van der Waals surface area contributed by atoms with Crippen LogP contribution in [0.15, 0.2) is 24.3 Å². The first-order valence-corrected chi connectivity index (χ1v) is 6.41. The Morgan fingerprint density at radius 3 is 2.84 bits per heavy atom. The molecule has 1 aromatic carbocycles. The Hall–Kier alpha value is -1.62. The molecule has 1 fully saturated rings. The van der Waals surface area contributed by atoms with Gasteiger partial charge in [0, 0.05) is 19.7 Å². The van der Waals surface area contributed by atoms with Crippen LogP contribution < -0.4 is 10.5 Å². The molecule has 0 bridgehead atoms. The van der Waals surface area contributed by atoms with E-state index in [0.717, 1.165) is 12.8 Å². The highest BCUT2D eigenvalue weighted by Crippen LogP contribution is 2.45. The molecule has 0 aromatic heterocycles. The molecule has 104 valence electrons. The van der Waals surface area contributed by atoms with Crippen molar-refractivity contribution in [2.24, 2.45) is 11.1 Å². The summed E-state index contributed by atoms with van der Waals surface area (Å²) in [5, 5.41) is 0. The predicted octanol–water partition coefficient (Wildman–Crippen LogP) is 1.40. The summed E-state index contributed by atoms with van der Waals surface area (Å²) in [4.78, 5) is 13.7. The standard InChI is InChI=1S/C14H19FN2O2/c1-17(13(18)14(10-16)5-6-14)7-8-19-12-4-2-3-11(15)9-12/h2-4,9H,5-8,10,16H2,1H3. The maximum absolute atomic E-state index is 12.9. The number of hydrogen-bond donors (Lipinski definition) is 1. The average Bonchev–Trinajstić information content (AvgIpc) is 3.19. The normalized spacial score (nSPS) is 15.9. The molecule has 1 saturated carbocycles. The molecule has 19 heavy (non-hydrogen) atoms. The minimum Gasteiger partial charge on any atom is -0.492 e. The van der Waals surface area contributed by atoms with E-state index in [1.807, 2.05) is 0 Å². The highest BCUT2D eigenvalue weighted by molar-refractivity contribution is 5.85. The van der Waals surface area contributed by atoms with Gasteiger partial charge in [-0.05, 0) is 25.0 Å². The van der Waals surface area contributed by atoms with Gasteiger partial charge >= 0.3 is 0 Å². The number of halogens is 1. The Bertz CT molecular complexity index is 461. The smallest absolute Gasteiger partial charge is 0.229 e. The van der Waals surface area contributed by atoms with Crippen molar-refractivity contribution in [2.45, 2.75) is 12.8 Å². The van der Waals surface area contributed by atoms with Crippen molar-refractivity contribution >= 4 is 5.91 Å². The fourth-order valence-electron chi connectivity index (χ4n) is 2.02. The van der Waals surface area contributed by atoms with E-state index >= 15 is 0 Å². The Balaban J connectivity index is 1.78. The summed E-state index contributed by atoms with van der Waals surface area (Å²) in [6.45, 7) is 1.21. The Kier molecular flexibility index (Phi) is 4.04. The fraction of sp³-hybridized carbons (Fsp3) is 0.500. The van der Waals surface area contributed by atoms with Crippen molar-refractivity contribution in [3.63, 3.8) is 0 Å². The van der Waals surface area contributed by atoms with Gasteiger partial charge in [-0.1, -0.05) is 6.07 Å². The first-order valence-electron chi connectivity index (χ1n) is 6.41. The lowest BCUT2D eigenvalue weighted by atomic mass is 10.1. The molecule has 0 atom stereocenters. The third-order valence-corrected chi connectivity index (χ3v) is 3.54. The number of carbonyl (C=O) groups is 1. The second-order valence-electron chi connectivity index (χ2n) is 5.02. The minimum absolute atomic E-state index is 0.0813. The highest BCUT2D eigenvalue weighted by Gasteiger charge is 2.49. The number of ether oxygens (including phenoxy) is 1. The van der Waals surface area contributed by atoms with Crippen LogP contribution in [-0.4, -0.2) is 37.6 Å². The summed E-state index contributed by atoms with van der Waals surface area (Å²) in [7, 11) is 1.74. The van der Waals surface area contributed by atoms with E-state index in [2.05, 4.69) is 0 Å². The van der Waals surface area contributed by atoms with Crippen LogP contribution in [0.5, 0.6) is 5.75 Å². The van der Waals surface area contributed by atoms with Gasteiger partial charge in [-0.3, -0.25) is 4.79 Å². The van der Waals surface area contributed by atoms with Gasteiger partial charge in [0.1, 0.15) is 18.2 Å². The fourth-order valence-corrected chi connectivity index (χ4v) is 2.02. The number of hydrogen-bond acceptors (Lipinski definition) is 3. The number of nitrogens with zero attached hydrogens (tertiary/aromatic N) is 1. The molecule has 0 heterocycles. The number of benzene rings is 1. The van der Waals surface area contributed by atoms with Crippen molar-refractivity contribution in [1.82, 2.24) is 4.90 Å². The number of carbonyl (C=O) groups excluding carboxylic acids is 1. The molecule has 4 nitrogen and oxygen atoms in total. The van der Waals surface area contributed by atoms with E-state index in [-0.39, 0.29) is 17.1 Å². The Morgan fingerprint density at radius 2 is 2.26 bits per heavy atom. The predicted molar refractivity (Wildman–Crippen MR) is 70.3 cm³/mol. The van der Waals surface area contributed by atoms with Crippen LogP contribution in [-0.2, 0) is 4.79 Å². The summed E-state index contributed by atoms with van der Waals surface area (Å²) in [6.07, 6.45) is 1.74. The SMILES string of the molecule is CN(CCOc1cccc(F)c1)C(=O)C1(CN)CC1. The molecule has 2 rings (SSSR count). The Labute approximate surface area is 112 Å². The number of rotatable bonds is 6. The van der Waals surface area contributed by atoms with Crippen LogP contribution in [0.25, 0.3) is 0 Å². The summed E-state index contributed by atoms with van der Waals surface area (Å²) in [5.74, 6) is 0.223. The molecule has 0 unspecified atom stereocenters. The van der Waals surface area contributed by atoms with Crippen LogP contribution >= 0.6 is 0 Å². The molecule has 0 aliphatic heterocycles. The molecular weight excluding hydrogens is 247 g/mol. The lowest BCUT2D eigenvalue weighted by molar-refractivity contribution is -0.135. The highest BCUT2D eigenvalue weighted by atomic mass is 19.1. The van der Waals surface area contributed by atoms with Crippen LogP contribution in [0, 0.1) is 11.2 Å². The second-order valence-corrected chi connectivity index (χ2v) is 5.02. The zero-order chi connectivity index (χ0) is 13.9. The van der Waals surface area contributed by atoms with Crippen molar-refractivity contribution in [1.29, 1.82) is 0 Å². The molecule has 1 amide bonds. The first kappa shape index (κ1) is 13.8. The molecular formula is C14H19FN2O2. The monoisotopic (exact) mass is 266 g/mol. The van der Waals surface area contributed by atoms with Crippen LogP contribution in [0.4, 0.5) is 4.39 Å². The first-order chi connectivity index (χ1) is 9.07. The largest absolute Gasteiger partial charge is 0.492 e. The molecule has 0 saturated heterocycles. The van der Waals surface area contributed by atoms with Crippen LogP contribution in [0.2, 0.25) is 0 Å². The lowest BCUT2D eigenvalue weighted by Crippen LogP contribution is -2.40. The molecule has 0 radical (unpaired) electrons. The molecule has 1 aromatic rings. The molecule has 2 N–H and O–H groups in total. The van der Waals surface area contributed by atoms with Crippen molar-refractivity contribution < 1.29 is 13.9 Å². The Morgan fingerprint density at radius 1 is 1.53 bits per heavy atom. The van der Waals surface area contributed by atoms with E-state index < -0.39 is 0 Å². The summed E-state index contributed by atoms with van der Waals surface area (Å²) in [6, 6.07) is 5.96. The van der Waals surface area contributed by atoms with Gasteiger partial charge in [-0.15, -0.1) is 0 Å². The van der Waals surface area contributed by atoms with E-state index in [1.54, 1.807) is 24.1 Å². The molecule has 5 heteroatoms. The third-order valence-electron chi connectivity index (χ3n) is 3.54. The lowest BCUT2D eigenvalue weighted by Gasteiger charge is -2.22. The van der Waals surface area contributed by atoms with E-state index in [0.29, 0.717) is 25.4 Å². The van der Waals surface area contributed by atoms with Crippen LogP contribution in [0.1, 0.15) is 12.8 Å². The van der Waals surface area contributed by atoms with Gasteiger partial charge in [-0.25, -0.2) is 4.39 Å². The van der Waals surface area contributed by atoms with Gasteiger partial charge in [0.05, 0.1) is 12.0 Å². The topological polar surface area (TPSA) is 55.6 Å². The van der Waals surface area contributed by atoms with Gasteiger partial charge in [0.15, 0.2) is 0 Å². The third kappa shape index (κ3) is 3.23. The maximum Gasteiger partial charge on any atom is 0.229 e. The van der Waals surface area contributed by atoms with Gasteiger partial charge in [0.2, 0.25) is 5.91 Å². The number of nitrogens with two attached hydrogens (primary N) is 1. The number of likely N-dealkylation sites (N-methyl/N-ethyl adjacent to an activating group) is 1. The minimum atomic E-state index is -0.331. The summed E-state index contributed by atoms with van der Waals surface area (Å²) < 4.78 is 18.3. The zero-order valence-corrected chi connectivity index (χ0v) is 11.1. The van der Waals surface area contributed by atoms with E-state index in [1.165, 1.54) is 12.1 Å². The van der Waals surface area contributed by atoms with Gasteiger partial charge in [0.25, 0.3) is 0 Å². The molecule has 1 aliphatic rings. The summed E-state index contributed by atoms with van der Waals surface area (Å²) in [5.41, 5.74) is 5.30. The zero-order valence-electron chi connectivity index (χ0n) is 11.1. The van der Waals surface area contributed by atoms with Crippen molar-refractivity contribution in [3.8, 4) is 5.75 Å². The van der Waals surface area contributed by atoms with Gasteiger partial charge < -0.3 is 15.4 Å².